The van der Waals surface area contributed by atoms with E-state index in [1.165, 1.54) is 11.3 Å². The van der Waals surface area contributed by atoms with Crippen molar-refractivity contribution in [2.45, 2.75) is 26.9 Å². The molecule has 31 heavy (non-hydrogen) atoms. The molecule has 1 aliphatic rings. The van der Waals surface area contributed by atoms with Gasteiger partial charge in [0.15, 0.2) is 10.7 Å². The Labute approximate surface area is 185 Å². The maximum Gasteiger partial charge on any atom is 0.258 e. The third-order valence-electron chi connectivity index (χ3n) is 5.97. The number of carbonyl (C=O) groups excluding carboxylic acids is 1. The molecule has 0 unspecified atom stereocenters. The quantitative estimate of drug-likeness (QED) is 0.495. The number of thiazole rings is 1. The first-order valence-electron chi connectivity index (χ1n) is 10.6. The third kappa shape index (κ3) is 4.79. The number of hydrogen-bond acceptors (Lipinski definition) is 7. The molecule has 0 radical (unpaired) electrons. The van der Waals surface area contributed by atoms with Crippen molar-refractivity contribution >= 4 is 22.1 Å². The second-order valence-corrected chi connectivity index (χ2v) is 8.92. The fourth-order valence-corrected chi connectivity index (χ4v) is 4.94. The zero-order valence-electron chi connectivity index (χ0n) is 18.3. The molecular formula is C22H29N5O3S. The highest BCUT2D eigenvalue weighted by Crippen LogP contribution is 2.17. The standard InChI is InChI=1S/C22H29N5O3S/c1-16-12-19(17(2)26(16)8-10-30-3)20(28)15-25-6-4-24(5-7-25)14-18-13-21(29)27-9-11-31-22(27)23-18/h9,11-13H,4-8,10,14-15H2,1-3H3. The van der Waals surface area contributed by atoms with Crippen molar-refractivity contribution in [2.24, 2.45) is 0 Å². The fraction of sp³-hybridized carbons (Fsp3) is 0.500. The molecule has 8 nitrogen and oxygen atoms in total. The van der Waals surface area contributed by atoms with Gasteiger partial charge in [-0.3, -0.25) is 23.8 Å². The maximum absolute atomic E-state index is 12.9. The Bertz CT molecular complexity index is 1120. The molecule has 0 aromatic carbocycles. The lowest BCUT2D eigenvalue weighted by molar-refractivity contribution is 0.0841. The summed E-state index contributed by atoms with van der Waals surface area (Å²) in [4.78, 5) is 35.0. The van der Waals surface area contributed by atoms with E-state index in [0.29, 0.717) is 19.7 Å². The lowest BCUT2D eigenvalue weighted by Crippen LogP contribution is -2.47. The van der Waals surface area contributed by atoms with Crippen LogP contribution < -0.4 is 5.56 Å². The molecule has 3 aromatic heterocycles. The van der Waals surface area contributed by atoms with E-state index < -0.39 is 0 Å². The predicted molar refractivity (Wildman–Crippen MR) is 121 cm³/mol. The minimum absolute atomic E-state index is 0.0337. The van der Waals surface area contributed by atoms with Crippen molar-refractivity contribution in [1.29, 1.82) is 0 Å². The maximum atomic E-state index is 12.9. The Hall–Kier alpha value is -2.33. The van der Waals surface area contributed by atoms with Crippen LogP contribution in [0.2, 0.25) is 0 Å². The summed E-state index contributed by atoms with van der Waals surface area (Å²) in [5.74, 6) is 0.169. The monoisotopic (exact) mass is 443 g/mol. The first-order valence-corrected chi connectivity index (χ1v) is 11.4. The Morgan fingerprint density at radius 1 is 1.16 bits per heavy atom. The number of ketones is 1. The average Bonchev–Trinajstić information content (AvgIpc) is 3.33. The highest BCUT2D eigenvalue weighted by atomic mass is 32.1. The molecule has 9 heteroatoms. The van der Waals surface area contributed by atoms with Gasteiger partial charge in [0.25, 0.3) is 5.56 Å². The van der Waals surface area contributed by atoms with Crippen LogP contribution in [-0.4, -0.2) is 76.0 Å². The van der Waals surface area contributed by atoms with Gasteiger partial charge in [0.1, 0.15) is 0 Å². The lowest BCUT2D eigenvalue weighted by Gasteiger charge is -2.34. The molecule has 4 rings (SSSR count). The summed E-state index contributed by atoms with van der Waals surface area (Å²) in [5, 5.41) is 1.87. The average molecular weight is 444 g/mol. The molecule has 4 heterocycles. The van der Waals surface area contributed by atoms with Crippen LogP contribution in [0.1, 0.15) is 27.4 Å². The number of aryl methyl sites for hydroxylation is 1. The highest BCUT2D eigenvalue weighted by molar-refractivity contribution is 7.15. The summed E-state index contributed by atoms with van der Waals surface area (Å²) < 4.78 is 8.90. The largest absolute Gasteiger partial charge is 0.383 e. The lowest BCUT2D eigenvalue weighted by atomic mass is 10.1. The minimum Gasteiger partial charge on any atom is -0.383 e. The number of Topliss-reactive ketones (excluding diaryl/α,β-unsaturated/α-hetero) is 1. The van der Waals surface area contributed by atoms with E-state index in [-0.39, 0.29) is 11.3 Å². The van der Waals surface area contributed by atoms with Crippen LogP contribution in [0.3, 0.4) is 0 Å². The number of ether oxygens (including phenoxy) is 1. The van der Waals surface area contributed by atoms with Gasteiger partial charge in [0.2, 0.25) is 0 Å². The molecule has 0 atom stereocenters. The van der Waals surface area contributed by atoms with Crippen molar-refractivity contribution in [3.8, 4) is 0 Å². The van der Waals surface area contributed by atoms with Crippen LogP contribution in [-0.2, 0) is 17.8 Å². The van der Waals surface area contributed by atoms with Crippen molar-refractivity contribution in [2.75, 3.05) is 46.4 Å². The van der Waals surface area contributed by atoms with Crippen molar-refractivity contribution in [3.63, 3.8) is 0 Å². The summed E-state index contributed by atoms with van der Waals surface area (Å²) in [6.45, 7) is 9.89. The Kier molecular flexibility index (Phi) is 6.66. The fourth-order valence-electron chi connectivity index (χ4n) is 4.20. The first kappa shape index (κ1) is 21.9. The van der Waals surface area contributed by atoms with Gasteiger partial charge in [-0.15, -0.1) is 11.3 Å². The molecular weight excluding hydrogens is 414 g/mol. The number of hydrogen-bond donors (Lipinski definition) is 0. The molecule has 0 N–H and O–H groups in total. The summed E-state index contributed by atoms with van der Waals surface area (Å²) in [7, 11) is 1.69. The van der Waals surface area contributed by atoms with Gasteiger partial charge in [-0.05, 0) is 19.9 Å². The molecule has 3 aromatic rings. The zero-order chi connectivity index (χ0) is 22.0. The van der Waals surface area contributed by atoms with E-state index >= 15 is 0 Å². The van der Waals surface area contributed by atoms with Gasteiger partial charge < -0.3 is 9.30 Å². The van der Waals surface area contributed by atoms with Gasteiger partial charge >= 0.3 is 0 Å². The third-order valence-corrected chi connectivity index (χ3v) is 6.72. The normalized spacial score (nSPS) is 15.7. The van der Waals surface area contributed by atoms with E-state index in [0.717, 1.165) is 60.3 Å². The summed E-state index contributed by atoms with van der Waals surface area (Å²) >= 11 is 1.47. The van der Waals surface area contributed by atoms with Crippen LogP contribution in [0.5, 0.6) is 0 Å². The first-order chi connectivity index (χ1) is 15.0. The molecule has 0 amide bonds. The molecule has 0 aliphatic carbocycles. The number of fused-ring (bicyclic) bond motifs is 1. The van der Waals surface area contributed by atoms with Crippen LogP contribution >= 0.6 is 11.3 Å². The second-order valence-electron chi connectivity index (χ2n) is 8.05. The number of nitrogens with zero attached hydrogens (tertiary/aromatic N) is 5. The van der Waals surface area contributed by atoms with Gasteiger partial charge in [-0.2, -0.15) is 0 Å². The second kappa shape index (κ2) is 9.44. The van der Waals surface area contributed by atoms with Crippen LogP contribution in [0.15, 0.2) is 28.5 Å². The highest BCUT2D eigenvalue weighted by Gasteiger charge is 2.22. The topological polar surface area (TPSA) is 72.1 Å². The zero-order valence-corrected chi connectivity index (χ0v) is 19.2. The molecule has 0 bridgehead atoms. The van der Waals surface area contributed by atoms with E-state index in [1.54, 1.807) is 23.8 Å². The van der Waals surface area contributed by atoms with Crippen molar-refractivity contribution in [1.82, 2.24) is 23.8 Å². The van der Waals surface area contributed by atoms with Crippen molar-refractivity contribution < 1.29 is 9.53 Å². The summed E-state index contributed by atoms with van der Waals surface area (Å²) in [6, 6.07) is 3.61. The smallest absolute Gasteiger partial charge is 0.258 e. The number of aromatic nitrogens is 3. The van der Waals surface area contributed by atoms with Gasteiger partial charge in [0, 0.05) is 81.0 Å². The molecule has 1 aliphatic heterocycles. The van der Waals surface area contributed by atoms with Crippen molar-refractivity contribution in [3.05, 3.63) is 56.7 Å². The number of carbonyl (C=O) groups is 1. The molecule has 0 saturated carbocycles. The summed E-state index contributed by atoms with van der Waals surface area (Å²) in [6.07, 6.45) is 1.75. The summed E-state index contributed by atoms with van der Waals surface area (Å²) in [5.41, 5.74) is 3.69. The van der Waals surface area contributed by atoms with Gasteiger partial charge in [-0.1, -0.05) is 0 Å². The number of rotatable bonds is 8. The Balaban J connectivity index is 1.32. The van der Waals surface area contributed by atoms with Crippen LogP contribution in [0.4, 0.5) is 0 Å². The van der Waals surface area contributed by atoms with Crippen LogP contribution in [0, 0.1) is 13.8 Å². The Morgan fingerprint density at radius 2 is 1.90 bits per heavy atom. The Morgan fingerprint density at radius 3 is 2.65 bits per heavy atom. The van der Waals surface area contributed by atoms with E-state index in [2.05, 4.69) is 19.4 Å². The predicted octanol–water partition coefficient (Wildman–Crippen LogP) is 1.82. The molecule has 166 valence electrons. The number of methoxy groups -OCH3 is 1. The van der Waals surface area contributed by atoms with E-state index in [4.69, 9.17) is 4.74 Å². The molecule has 1 saturated heterocycles. The number of piperazine rings is 1. The molecule has 1 fully saturated rings. The minimum atomic E-state index is -0.0337. The molecule has 0 spiro atoms. The van der Waals surface area contributed by atoms with Gasteiger partial charge in [0.05, 0.1) is 18.8 Å². The SMILES string of the molecule is COCCn1c(C)cc(C(=O)CN2CCN(Cc3cc(=O)n4ccsc4n3)CC2)c1C. The van der Waals surface area contributed by atoms with E-state index in [1.807, 2.05) is 25.3 Å². The van der Waals surface area contributed by atoms with E-state index in [9.17, 15) is 9.59 Å². The van der Waals surface area contributed by atoms with Crippen LogP contribution in [0.25, 0.3) is 4.96 Å². The van der Waals surface area contributed by atoms with Gasteiger partial charge in [-0.25, -0.2) is 4.98 Å².